The molecule has 8 nitrogen and oxygen atoms in total. The predicted molar refractivity (Wildman–Crippen MR) is 114 cm³/mol. The SMILES string of the molecule is C=CCn1c(=O)c2ccccc2n2c(SCc3nc(-c4ccccc4)no3)nnc12. The predicted octanol–water partition coefficient (Wildman–Crippen LogP) is 3.57. The first-order valence-electron chi connectivity index (χ1n) is 9.24. The van der Waals surface area contributed by atoms with E-state index in [2.05, 4.69) is 26.9 Å². The maximum absolute atomic E-state index is 12.9. The summed E-state index contributed by atoms with van der Waals surface area (Å²) in [6, 6.07) is 17.1. The fourth-order valence-corrected chi connectivity index (χ4v) is 4.04. The average Bonchev–Trinajstić information content (AvgIpc) is 3.43. The summed E-state index contributed by atoms with van der Waals surface area (Å²) < 4.78 is 8.83. The molecular formula is C21H16N6O2S. The van der Waals surface area contributed by atoms with Gasteiger partial charge in [0.1, 0.15) is 0 Å². The molecule has 0 unspecified atom stereocenters. The van der Waals surface area contributed by atoms with Crippen molar-refractivity contribution in [2.75, 3.05) is 0 Å². The van der Waals surface area contributed by atoms with Crippen LogP contribution >= 0.6 is 11.8 Å². The maximum Gasteiger partial charge on any atom is 0.263 e. The lowest BCUT2D eigenvalue weighted by molar-refractivity contribution is 0.391. The fourth-order valence-electron chi connectivity index (χ4n) is 3.26. The van der Waals surface area contributed by atoms with Crippen molar-refractivity contribution in [1.29, 1.82) is 0 Å². The number of fused-ring (bicyclic) bond motifs is 3. The quantitative estimate of drug-likeness (QED) is 0.309. The minimum atomic E-state index is -0.119. The Morgan fingerprint density at radius 3 is 2.70 bits per heavy atom. The second kappa shape index (κ2) is 7.60. The smallest absolute Gasteiger partial charge is 0.263 e. The molecule has 0 aliphatic rings. The van der Waals surface area contributed by atoms with Crippen molar-refractivity contribution in [3.63, 3.8) is 0 Å². The van der Waals surface area contributed by atoms with Gasteiger partial charge in [-0.25, -0.2) is 0 Å². The van der Waals surface area contributed by atoms with Crippen molar-refractivity contribution >= 4 is 28.4 Å². The Bertz CT molecular complexity index is 1420. The Morgan fingerprint density at radius 2 is 1.87 bits per heavy atom. The van der Waals surface area contributed by atoms with Crippen molar-refractivity contribution in [1.82, 2.24) is 29.3 Å². The van der Waals surface area contributed by atoms with Crippen LogP contribution in [0.25, 0.3) is 28.1 Å². The van der Waals surface area contributed by atoms with E-state index in [1.807, 2.05) is 52.9 Å². The monoisotopic (exact) mass is 416 g/mol. The second-order valence-electron chi connectivity index (χ2n) is 6.51. The van der Waals surface area contributed by atoms with Crippen LogP contribution in [0.15, 0.2) is 81.7 Å². The van der Waals surface area contributed by atoms with Crippen LogP contribution in [0.1, 0.15) is 5.89 Å². The summed E-state index contributed by atoms with van der Waals surface area (Å²) in [5.74, 6) is 1.92. The lowest BCUT2D eigenvalue weighted by atomic mass is 10.2. The van der Waals surface area contributed by atoms with Crippen LogP contribution in [0.3, 0.4) is 0 Å². The van der Waals surface area contributed by atoms with Gasteiger partial charge in [-0.2, -0.15) is 4.98 Å². The van der Waals surface area contributed by atoms with Gasteiger partial charge in [0, 0.05) is 12.1 Å². The number of rotatable bonds is 6. The molecule has 0 fully saturated rings. The lowest BCUT2D eigenvalue weighted by Gasteiger charge is -2.09. The Balaban J connectivity index is 1.52. The van der Waals surface area contributed by atoms with E-state index in [1.165, 1.54) is 11.8 Å². The summed E-state index contributed by atoms with van der Waals surface area (Å²) in [6.45, 7) is 4.09. The van der Waals surface area contributed by atoms with Crippen molar-refractivity contribution in [2.24, 2.45) is 0 Å². The van der Waals surface area contributed by atoms with E-state index in [9.17, 15) is 4.79 Å². The van der Waals surface area contributed by atoms with Crippen molar-refractivity contribution in [3.8, 4) is 11.4 Å². The first-order chi connectivity index (χ1) is 14.8. The number of aromatic nitrogens is 6. The average molecular weight is 416 g/mol. The largest absolute Gasteiger partial charge is 0.338 e. The van der Waals surface area contributed by atoms with Crippen LogP contribution in [-0.4, -0.2) is 29.3 Å². The van der Waals surface area contributed by atoms with Crippen molar-refractivity contribution in [3.05, 3.63) is 83.5 Å². The molecule has 30 heavy (non-hydrogen) atoms. The van der Waals surface area contributed by atoms with Crippen LogP contribution in [0.4, 0.5) is 0 Å². The summed E-state index contributed by atoms with van der Waals surface area (Å²) >= 11 is 1.42. The maximum atomic E-state index is 12.9. The third-order valence-electron chi connectivity index (χ3n) is 4.61. The normalized spacial score (nSPS) is 11.3. The van der Waals surface area contributed by atoms with E-state index in [0.717, 1.165) is 11.1 Å². The minimum Gasteiger partial charge on any atom is -0.338 e. The third-order valence-corrected chi connectivity index (χ3v) is 5.53. The summed E-state index contributed by atoms with van der Waals surface area (Å²) in [5.41, 5.74) is 1.53. The molecule has 0 atom stereocenters. The molecule has 0 amide bonds. The Morgan fingerprint density at radius 1 is 1.07 bits per heavy atom. The Hall–Kier alpha value is -3.72. The van der Waals surface area contributed by atoms with Crippen LogP contribution < -0.4 is 5.56 Å². The molecule has 0 saturated carbocycles. The third kappa shape index (κ3) is 3.09. The molecule has 3 heterocycles. The van der Waals surface area contributed by atoms with Gasteiger partial charge in [-0.05, 0) is 12.1 Å². The molecule has 0 radical (unpaired) electrons. The van der Waals surface area contributed by atoms with Gasteiger partial charge in [0.05, 0.1) is 16.7 Å². The van der Waals surface area contributed by atoms with E-state index in [4.69, 9.17) is 4.52 Å². The van der Waals surface area contributed by atoms with Gasteiger partial charge in [-0.1, -0.05) is 65.5 Å². The molecule has 0 spiro atoms. The molecule has 5 aromatic rings. The van der Waals surface area contributed by atoms with Gasteiger partial charge in [0.15, 0.2) is 5.16 Å². The zero-order valence-corrected chi connectivity index (χ0v) is 16.6. The number of allylic oxidation sites excluding steroid dienone is 1. The molecular weight excluding hydrogens is 400 g/mol. The summed E-state index contributed by atoms with van der Waals surface area (Å²) in [5, 5.41) is 13.8. The van der Waals surface area contributed by atoms with Crippen molar-refractivity contribution < 1.29 is 4.52 Å². The first kappa shape index (κ1) is 18.3. The van der Waals surface area contributed by atoms with E-state index in [1.54, 1.807) is 16.7 Å². The van der Waals surface area contributed by atoms with E-state index in [-0.39, 0.29) is 5.56 Å². The summed E-state index contributed by atoms with van der Waals surface area (Å²) in [6.07, 6.45) is 1.67. The van der Waals surface area contributed by atoms with Gasteiger partial charge >= 0.3 is 0 Å². The van der Waals surface area contributed by atoms with Crippen LogP contribution in [0, 0.1) is 0 Å². The number of hydrogen-bond donors (Lipinski definition) is 0. The Labute approximate surface area is 174 Å². The van der Waals surface area contributed by atoms with Gasteiger partial charge in [-0.3, -0.25) is 13.8 Å². The molecule has 0 saturated heterocycles. The van der Waals surface area contributed by atoms with Crippen LogP contribution in [0.5, 0.6) is 0 Å². The van der Waals surface area contributed by atoms with Gasteiger partial charge in [-0.15, -0.1) is 16.8 Å². The number of para-hydroxylation sites is 1. The molecule has 3 aromatic heterocycles. The molecule has 148 valence electrons. The lowest BCUT2D eigenvalue weighted by Crippen LogP contribution is -2.22. The highest BCUT2D eigenvalue weighted by molar-refractivity contribution is 7.98. The zero-order chi connectivity index (χ0) is 20.5. The molecule has 0 aliphatic carbocycles. The molecule has 2 aromatic carbocycles. The van der Waals surface area contributed by atoms with Gasteiger partial charge in [0.2, 0.25) is 17.5 Å². The molecule has 0 aliphatic heterocycles. The number of hydrogen-bond acceptors (Lipinski definition) is 7. The highest BCUT2D eigenvalue weighted by Gasteiger charge is 2.17. The van der Waals surface area contributed by atoms with E-state index in [0.29, 0.717) is 40.3 Å². The molecule has 0 bridgehead atoms. The highest BCUT2D eigenvalue weighted by atomic mass is 32.2. The summed E-state index contributed by atoms with van der Waals surface area (Å²) in [7, 11) is 0. The van der Waals surface area contributed by atoms with Gasteiger partial charge in [0.25, 0.3) is 5.56 Å². The number of thioether (sulfide) groups is 1. The topological polar surface area (TPSA) is 91.1 Å². The van der Waals surface area contributed by atoms with Crippen LogP contribution in [0.2, 0.25) is 0 Å². The van der Waals surface area contributed by atoms with E-state index >= 15 is 0 Å². The Kier molecular flexibility index (Phi) is 4.64. The number of benzene rings is 2. The second-order valence-corrected chi connectivity index (χ2v) is 7.45. The van der Waals surface area contributed by atoms with Gasteiger partial charge < -0.3 is 4.52 Å². The van der Waals surface area contributed by atoms with Crippen molar-refractivity contribution in [2.45, 2.75) is 17.5 Å². The first-order valence-corrected chi connectivity index (χ1v) is 10.2. The summed E-state index contributed by atoms with van der Waals surface area (Å²) in [4.78, 5) is 17.3. The fraction of sp³-hybridized carbons (Fsp3) is 0.0952. The van der Waals surface area contributed by atoms with Crippen LogP contribution in [-0.2, 0) is 12.3 Å². The number of nitrogens with zero attached hydrogens (tertiary/aromatic N) is 6. The standard InChI is InChI=1S/C21H16N6O2S/c1-2-12-26-19(28)15-10-6-7-11-16(15)27-20(26)23-24-21(27)30-13-17-22-18(25-29-17)14-8-4-3-5-9-14/h2-11H,1,12-13H2. The molecule has 0 N–H and O–H groups in total. The molecule has 9 heteroatoms. The minimum absolute atomic E-state index is 0.119. The molecule has 5 rings (SSSR count). The highest BCUT2D eigenvalue weighted by Crippen LogP contribution is 2.25. The van der Waals surface area contributed by atoms with E-state index < -0.39 is 0 Å². The zero-order valence-electron chi connectivity index (χ0n) is 15.8.